The van der Waals surface area contributed by atoms with E-state index in [1.54, 1.807) is 46.3 Å². The molecule has 0 amide bonds. The normalized spacial score (nSPS) is 13.6. The van der Waals surface area contributed by atoms with E-state index in [1.165, 1.54) is 0 Å². The van der Waals surface area contributed by atoms with Crippen LogP contribution in [0, 0.1) is 6.92 Å². The van der Waals surface area contributed by atoms with Gasteiger partial charge in [-0.3, -0.25) is 4.79 Å². The fraction of sp³-hybridized carbons (Fsp3) is 0.350. The Balaban J connectivity index is 2.32. The van der Waals surface area contributed by atoms with Crippen LogP contribution >= 0.6 is 20.2 Å². The highest BCUT2D eigenvalue weighted by atomic mass is 35.5. The lowest BCUT2D eigenvalue weighted by molar-refractivity contribution is -0.0421. The third-order valence-corrected chi connectivity index (χ3v) is 5.38. The van der Waals surface area contributed by atoms with Gasteiger partial charge in [-0.25, -0.2) is 0 Å². The highest BCUT2D eigenvalue weighted by molar-refractivity contribution is 7.66. The summed E-state index contributed by atoms with van der Waals surface area (Å²) >= 11 is 6.23. The zero-order valence-electron chi connectivity index (χ0n) is 16.0. The molecule has 0 radical (unpaired) electrons. The van der Waals surface area contributed by atoms with E-state index in [4.69, 9.17) is 30.5 Å². The Morgan fingerprint density at radius 2 is 1.70 bits per heavy atom. The molecule has 7 heteroatoms. The van der Waals surface area contributed by atoms with E-state index in [9.17, 15) is 4.79 Å². The van der Waals surface area contributed by atoms with Crippen LogP contribution in [0.15, 0.2) is 36.4 Å². The lowest BCUT2D eigenvalue weighted by Crippen LogP contribution is -2.19. The molecule has 3 atom stereocenters. The molecule has 0 spiro atoms. The highest BCUT2D eigenvalue weighted by Crippen LogP contribution is 2.32. The molecule has 2 rings (SSSR count). The number of aryl methyl sites for hydroxylation is 1. The van der Waals surface area contributed by atoms with E-state index in [0.29, 0.717) is 22.1 Å². The number of halogens is 1. The summed E-state index contributed by atoms with van der Waals surface area (Å²) < 4.78 is 21.8. The number of hydrogen-bond donors (Lipinski definition) is 0. The summed E-state index contributed by atoms with van der Waals surface area (Å²) in [5, 5.41) is 1.20. The van der Waals surface area contributed by atoms with Gasteiger partial charge < -0.3 is 18.9 Å². The summed E-state index contributed by atoms with van der Waals surface area (Å²) in [6, 6.07) is 10.8. The van der Waals surface area contributed by atoms with Crippen LogP contribution in [0.25, 0.3) is 0 Å². The van der Waals surface area contributed by atoms with Gasteiger partial charge in [-0.1, -0.05) is 23.7 Å². The molecule has 0 N–H and O–H groups in total. The molecule has 0 saturated heterocycles. The molecular weight excluding hydrogens is 387 g/mol. The molecule has 0 aromatic heterocycles. The molecule has 0 heterocycles. The van der Waals surface area contributed by atoms with Crippen molar-refractivity contribution >= 4 is 31.0 Å². The van der Waals surface area contributed by atoms with Gasteiger partial charge in [0.05, 0.1) is 5.02 Å². The van der Waals surface area contributed by atoms with Crippen molar-refractivity contribution in [2.24, 2.45) is 0 Å². The largest absolute Gasteiger partial charge is 0.465 e. The second kappa shape index (κ2) is 10.0. The van der Waals surface area contributed by atoms with Gasteiger partial charge in [-0.05, 0) is 53.1 Å². The van der Waals surface area contributed by atoms with Crippen LogP contribution in [-0.2, 0) is 9.47 Å². The van der Waals surface area contributed by atoms with Gasteiger partial charge in [0, 0.05) is 31.2 Å². The first-order valence-corrected chi connectivity index (χ1v) is 9.83. The Morgan fingerprint density at radius 1 is 1.04 bits per heavy atom. The number of rotatable bonds is 9. The van der Waals surface area contributed by atoms with Gasteiger partial charge >= 0.3 is 0 Å². The number of methoxy groups -OCH3 is 2. The van der Waals surface area contributed by atoms with Gasteiger partial charge in [0.25, 0.3) is 0 Å². The van der Waals surface area contributed by atoms with E-state index in [-0.39, 0.29) is 14.1 Å². The smallest absolute Gasteiger partial charge is 0.196 e. The van der Waals surface area contributed by atoms with Crippen molar-refractivity contribution in [1.29, 1.82) is 0 Å². The molecule has 27 heavy (non-hydrogen) atoms. The molecular formula is C20H24ClO5P. The molecule has 0 aliphatic rings. The van der Waals surface area contributed by atoms with Crippen LogP contribution in [0.5, 0.6) is 11.5 Å². The second-order valence-corrected chi connectivity index (χ2v) is 7.54. The van der Waals surface area contributed by atoms with Gasteiger partial charge in [0.1, 0.15) is 11.5 Å². The molecule has 0 fully saturated rings. The van der Waals surface area contributed by atoms with Crippen LogP contribution in [0.4, 0.5) is 0 Å². The van der Waals surface area contributed by atoms with Crippen LogP contribution < -0.4 is 14.8 Å². The van der Waals surface area contributed by atoms with Gasteiger partial charge in [0.2, 0.25) is 0 Å². The SMILES string of the molecule is COC(C)Oc1ccc(PC(=O)c2c(C)cccc2Cl)c(OC(C)OC)c1. The Morgan fingerprint density at radius 3 is 2.33 bits per heavy atom. The minimum Gasteiger partial charge on any atom is -0.465 e. The molecule has 0 saturated carbocycles. The predicted octanol–water partition coefficient (Wildman–Crippen LogP) is 4.54. The lowest BCUT2D eigenvalue weighted by Gasteiger charge is -2.19. The minimum absolute atomic E-state index is 0.0491. The van der Waals surface area contributed by atoms with Gasteiger partial charge in [-0.2, -0.15) is 0 Å². The van der Waals surface area contributed by atoms with Crippen molar-refractivity contribution in [3.05, 3.63) is 52.5 Å². The molecule has 5 nitrogen and oxygen atoms in total. The van der Waals surface area contributed by atoms with Crippen molar-refractivity contribution < 1.29 is 23.7 Å². The van der Waals surface area contributed by atoms with E-state index >= 15 is 0 Å². The first-order valence-electron chi connectivity index (χ1n) is 8.45. The fourth-order valence-corrected chi connectivity index (χ4v) is 3.86. The fourth-order valence-electron chi connectivity index (χ4n) is 2.35. The van der Waals surface area contributed by atoms with Crippen molar-refractivity contribution in [2.75, 3.05) is 14.2 Å². The summed E-state index contributed by atoms with van der Waals surface area (Å²) in [6.07, 6.45) is -0.876. The quantitative estimate of drug-likeness (QED) is 0.449. The highest BCUT2D eigenvalue weighted by Gasteiger charge is 2.18. The van der Waals surface area contributed by atoms with Crippen molar-refractivity contribution in [1.82, 2.24) is 0 Å². The summed E-state index contributed by atoms with van der Waals surface area (Å²) in [7, 11) is 2.97. The van der Waals surface area contributed by atoms with Crippen LogP contribution in [-0.4, -0.2) is 32.3 Å². The molecule has 2 aromatic carbocycles. The number of ether oxygens (including phenoxy) is 4. The van der Waals surface area contributed by atoms with Gasteiger partial charge in [-0.15, -0.1) is 0 Å². The first kappa shape index (κ1) is 21.6. The monoisotopic (exact) mass is 410 g/mol. The second-order valence-electron chi connectivity index (χ2n) is 5.89. The lowest BCUT2D eigenvalue weighted by atomic mass is 10.1. The molecule has 0 aliphatic carbocycles. The van der Waals surface area contributed by atoms with Gasteiger partial charge in [0.15, 0.2) is 18.1 Å². The molecule has 3 unspecified atom stereocenters. The number of benzene rings is 2. The van der Waals surface area contributed by atoms with E-state index in [1.807, 2.05) is 25.1 Å². The number of carbonyl (C=O) groups is 1. The molecule has 146 valence electrons. The summed E-state index contributed by atoms with van der Waals surface area (Å²) in [5.41, 5.74) is 1.34. The zero-order chi connectivity index (χ0) is 20.0. The molecule has 0 bridgehead atoms. The Hall–Kier alpha value is -1.65. The first-order chi connectivity index (χ1) is 12.8. The molecule has 2 aromatic rings. The number of hydrogen-bond acceptors (Lipinski definition) is 5. The summed E-state index contributed by atoms with van der Waals surface area (Å²) in [5.74, 6) is 1.11. The van der Waals surface area contributed by atoms with Crippen LogP contribution in [0.2, 0.25) is 5.02 Å². The average Bonchev–Trinajstić information content (AvgIpc) is 2.63. The van der Waals surface area contributed by atoms with Crippen LogP contribution in [0.3, 0.4) is 0 Å². The maximum absolute atomic E-state index is 12.9. The van der Waals surface area contributed by atoms with Crippen molar-refractivity contribution in [3.63, 3.8) is 0 Å². The third-order valence-electron chi connectivity index (χ3n) is 3.91. The maximum atomic E-state index is 12.9. The third kappa shape index (κ3) is 5.91. The topological polar surface area (TPSA) is 54.0 Å². The summed E-state index contributed by atoms with van der Waals surface area (Å²) in [6.45, 7) is 5.44. The van der Waals surface area contributed by atoms with E-state index < -0.39 is 12.6 Å². The Labute approximate surface area is 166 Å². The minimum atomic E-state index is -0.471. The predicted molar refractivity (Wildman–Crippen MR) is 109 cm³/mol. The van der Waals surface area contributed by atoms with Crippen molar-refractivity contribution in [2.45, 2.75) is 33.4 Å². The van der Waals surface area contributed by atoms with Crippen LogP contribution in [0.1, 0.15) is 29.8 Å². The maximum Gasteiger partial charge on any atom is 0.196 e. The zero-order valence-corrected chi connectivity index (χ0v) is 17.8. The van der Waals surface area contributed by atoms with E-state index in [0.717, 1.165) is 10.9 Å². The Kier molecular flexibility index (Phi) is 8.06. The summed E-state index contributed by atoms with van der Waals surface area (Å²) in [4.78, 5) is 12.9. The standard InChI is InChI=1S/C20H24ClO5P/c1-12-7-6-8-16(21)19(12)20(22)27-18-10-9-15(25-13(2)23-4)11-17(18)26-14(3)24-5/h6-11,13-14,27H,1-5H3. The van der Waals surface area contributed by atoms with Crippen molar-refractivity contribution in [3.8, 4) is 11.5 Å². The van der Waals surface area contributed by atoms with E-state index in [2.05, 4.69) is 0 Å². The number of carbonyl (C=O) groups excluding carboxylic acids is 1. The Bertz CT molecular complexity index is 776. The molecule has 0 aliphatic heterocycles. The average molecular weight is 411 g/mol.